The summed E-state index contributed by atoms with van der Waals surface area (Å²) in [6, 6.07) is 6.40. The molecule has 9 heteroatoms. The number of aryl methyl sites for hydroxylation is 1. The molecule has 4 rings (SSSR count). The van der Waals surface area contributed by atoms with Gasteiger partial charge in [-0.05, 0) is 54.2 Å². The monoisotopic (exact) mass is 534 g/mol. The molecule has 1 saturated carbocycles. The van der Waals surface area contributed by atoms with E-state index in [0.717, 1.165) is 18.4 Å². The van der Waals surface area contributed by atoms with Crippen LogP contribution in [-0.4, -0.2) is 47.4 Å². The lowest BCUT2D eigenvalue weighted by Gasteiger charge is -2.43. The SMILES string of the molecule is COc1ccc(CCC(=O)N[C@@]2(C(F)(F)F)C(=O)N([C@H]3CCC[C@H](C)[C@H]3C)C3=C2C(=O)CC(C)(C)C3)cc1. The minimum absolute atomic E-state index is 0.0450. The van der Waals surface area contributed by atoms with Crippen LogP contribution in [0, 0.1) is 17.3 Å². The second-order valence-corrected chi connectivity index (χ2v) is 11.9. The van der Waals surface area contributed by atoms with Crippen LogP contribution in [0.3, 0.4) is 0 Å². The molecule has 1 aromatic carbocycles. The molecule has 2 amide bonds. The number of hydrogen-bond acceptors (Lipinski definition) is 4. The van der Waals surface area contributed by atoms with E-state index < -0.39 is 46.3 Å². The highest BCUT2D eigenvalue weighted by atomic mass is 19.4. The first kappa shape index (κ1) is 28.2. The molecule has 0 spiro atoms. The lowest BCUT2D eigenvalue weighted by atomic mass is 9.72. The number of ether oxygens (including phenoxy) is 1. The maximum atomic E-state index is 15.1. The summed E-state index contributed by atoms with van der Waals surface area (Å²) in [6.45, 7) is 7.65. The zero-order valence-electron chi connectivity index (χ0n) is 22.7. The molecule has 208 valence electrons. The first-order chi connectivity index (χ1) is 17.7. The van der Waals surface area contributed by atoms with Crippen LogP contribution in [0.2, 0.25) is 0 Å². The lowest BCUT2D eigenvalue weighted by molar-refractivity contribution is -0.195. The quantitative estimate of drug-likeness (QED) is 0.534. The largest absolute Gasteiger partial charge is 0.497 e. The number of ketones is 1. The number of nitrogens with zero attached hydrogens (tertiary/aromatic N) is 1. The molecule has 1 aliphatic heterocycles. The maximum absolute atomic E-state index is 15.1. The van der Waals surface area contributed by atoms with Crippen LogP contribution in [0.1, 0.15) is 71.8 Å². The Kier molecular flexibility index (Phi) is 7.45. The van der Waals surface area contributed by atoms with Crippen molar-refractivity contribution in [2.24, 2.45) is 17.3 Å². The zero-order chi connectivity index (χ0) is 28.0. The van der Waals surface area contributed by atoms with Gasteiger partial charge < -0.3 is 15.0 Å². The number of amides is 2. The molecule has 0 unspecified atom stereocenters. The molecule has 0 radical (unpaired) electrons. The van der Waals surface area contributed by atoms with E-state index in [9.17, 15) is 14.4 Å². The number of hydrogen-bond donors (Lipinski definition) is 1. The van der Waals surface area contributed by atoms with Gasteiger partial charge in [-0.1, -0.05) is 52.7 Å². The second kappa shape index (κ2) is 10.0. The fraction of sp³-hybridized carbons (Fsp3) is 0.621. The van der Waals surface area contributed by atoms with Crippen molar-refractivity contribution in [2.75, 3.05) is 7.11 Å². The predicted octanol–water partition coefficient (Wildman–Crippen LogP) is 5.36. The molecular weight excluding hydrogens is 497 g/mol. The summed E-state index contributed by atoms with van der Waals surface area (Å²) in [4.78, 5) is 41.7. The van der Waals surface area contributed by atoms with Gasteiger partial charge in [0.2, 0.25) is 11.4 Å². The van der Waals surface area contributed by atoms with Crippen LogP contribution in [0.15, 0.2) is 35.5 Å². The number of rotatable bonds is 6. The van der Waals surface area contributed by atoms with Gasteiger partial charge in [0.05, 0.1) is 12.7 Å². The van der Waals surface area contributed by atoms with E-state index in [2.05, 4.69) is 5.32 Å². The van der Waals surface area contributed by atoms with Crippen LogP contribution in [0.4, 0.5) is 13.2 Å². The van der Waals surface area contributed by atoms with E-state index in [0.29, 0.717) is 12.2 Å². The van der Waals surface area contributed by atoms with Crippen molar-refractivity contribution in [2.45, 2.75) is 90.4 Å². The number of carbonyl (C=O) groups is 3. The average molecular weight is 535 g/mol. The Morgan fingerprint density at radius 2 is 1.76 bits per heavy atom. The van der Waals surface area contributed by atoms with Crippen LogP contribution in [0.25, 0.3) is 0 Å². The zero-order valence-corrected chi connectivity index (χ0v) is 22.7. The van der Waals surface area contributed by atoms with Crippen molar-refractivity contribution < 1.29 is 32.3 Å². The Bertz CT molecular complexity index is 1140. The summed E-state index contributed by atoms with van der Waals surface area (Å²) in [6.07, 6.45) is -2.96. The van der Waals surface area contributed by atoms with Crippen molar-refractivity contribution >= 4 is 17.6 Å². The molecule has 0 bridgehead atoms. The van der Waals surface area contributed by atoms with Gasteiger partial charge in [0.1, 0.15) is 5.75 Å². The minimum atomic E-state index is -5.18. The fourth-order valence-corrected chi connectivity index (χ4v) is 6.37. The number of allylic oxidation sites excluding steroid dienone is 1. The van der Waals surface area contributed by atoms with Gasteiger partial charge in [0.15, 0.2) is 5.78 Å². The number of carbonyl (C=O) groups excluding carboxylic acids is 3. The van der Waals surface area contributed by atoms with Gasteiger partial charge in [-0.2, -0.15) is 13.2 Å². The molecule has 3 aliphatic rings. The van der Waals surface area contributed by atoms with Crippen LogP contribution < -0.4 is 10.1 Å². The van der Waals surface area contributed by atoms with Crippen LogP contribution in [0.5, 0.6) is 5.75 Å². The fourth-order valence-electron chi connectivity index (χ4n) is 6.37. The minimum Gasteiger partial charge on any atom is -0.497 e. The summed E-state index contributed by atoms with van der Waals surface area (Å²) in [7, 11) is 1.52. The van der Waals surface area contributed by atoms with Crippen LogP contribution >= 0.6 is 0 Å². The summed E-state index contributed by atoms with van der Waals surface area (Å²) >= 11 is 0. The number of halogens is 3. The third kappa shape index (κ3) is 4.84. The molecule has 0 aromatic heterocycles. The maximum Gasteiger partial charge on any atom is 0.425 e. The summed E-state index contributed by atoms with van der Waals surface area (Å²) < 4.78 is 50.3. The molecule has 2 aliphatic carbocycles. The molecule has 4 atom stereocenters. The number of nitrogens with one attached hydrogen (secondary N) is 1. The highest BCUT2D eigenvalue weighted by Gasteiger charge is 2.72. The van der Waals surface area contributed by atoms with Gasteiger partial charge >= 0.3 is 6.18 Å². The number of methoxy groups -OCH3 is 1. The van der Waals surface area contributed by atoms with Gasteiger partial charge in [0, 0.05) is 24.6 Å². The molecule has 1 aromatic rings. The van der Waals surface area contributed by atoms with Crippen LogP contribution in [-0.2, 0) is 20.8 Å². The number of benzene rings is 1. The van der Waals surface area contributed by atoms with E-state index in [1.54, 1.807) is 24.3 Å². The molecule has 1 fully saturated rings. The van der Waals surface area contributed by atoms with Crippen molar-refractivity contribution in [1.29, 1.82) is 0 Å². The summed E-state index contributed by atoms with van der Waals surface area (Å²) in [5.74, 6) is -2.10. The standard InChI is InChI=1S/C29H37F3N2O4/c1-17-7-6-8-21(18(17)2)34-22-15-27(3,4)16-23(35)25(22)28(26(34)37,29(30,31)32)33-24(36)14-11-19-9-12-20(38-5)13-10-19/h9-10,12-13,17-18,21H,6-8,11,14-16H2,1-5H3,(H,33,36)/t17-,18+,21-,28+/m0/s1. The first-order valence-electron chi connectivity index (χ1n) is 13.3. The van der Waals surface area contributed by atoms with Gasteiger partial charge in [-0.15, -0.1) is 0 Å². The van der Waals surface area contributed by atoms with E-state index in [4.69, 9.17) is 4.74 Å². The topological polar surface area (TPSA) is 75.7 Å². The molecule has 38 heavy (non-hydrogen) atoms. The average Bonchev–Trinajstić information content (AvgIpc) is 3.07. The second-order valence-electron chi connectivity index (χ2n) is 11.9. The Balaban J connectivity index is 1.72. The van der Waals surface area contributed by atoms with Crippen molar-refractivity contribution in [3.63, 3.8) is 0 Å². The highest BCUT2D eigenvalue weighted by molar-refractivity contribution is 6.13. The van der Waals surface area contributed by atoms with Crippen molar-refractivity contribution in [3.05, 3.63) is 41.1 Å². The summed E-state index contributed by atoms with van der Waals surface area (Å²) in [5.41, 5.74) is -3.68. The lowest BCUT2D eigenvalue weighted by Crippen LogP contribution is -2.67. The molecule has 1 N–H and O–H groups in total. The highest BCUT2D eigenvalue weighted by Crippen LogP contribution is 2.53. The normalized spacial score (nSPS) is 29.4. The number of Topliss-reactive ketones (excluding diaryl/α,β-unsaturated/α-hetero) is 1. The third-order valence-corrected chi connectivity index (χ3v) is 8.61. The molecule has 6 nitrogen and oxygen atoms in total. The van der Waals surface area contributed by atoms with E-state index in [1.807, 2.05) is 27.7 Å². The first-order valence-corrected chi connectivity index (χ1v) is 13.3. The van der Waals surface area contributed by atoms with Gasteiger partial charge in [-0.25, -0.2) is 0 Å². The number of alkyl halides is 3. The Labute approximate surface area is 222 Å². The Morgan fingerprint density at radius 3 is 2.37 bits per heavy atom. The Hall–Kier alpha value is -2.84. The van der Waals surface area contributed by atoms with Crippen molar-refractivity contribution in [3.8, 4) is 5.75 Å². The van der Waals surface area contributed by atoms with Gasteiger partial charge in [0.25, 0.3) is 5.91 Å². The molecule has 1 heterocycles. The smallest absolute Gasteiger partial charge is 0.425 e. The Morgan fingerprint density at radius 1 is 1.11 bits per heavy atom. The van der Waals surface area contributed by atoms with E-state index >= 15 is 13.2 Å². The van der Waals surface area contributed by atoms with E-state index in [1.165, 1.54) is 12.0 Å². The predicted molar refractivity (Wildman–Crippen MR) is 136 cm³/mol. The summed E-state index contributed by atoms with van der Waals surface area (Å²) in [5, 5.41) is 2.07. The molecule has 0 saturated heterocycles. The van der Waals surface area contributed by atoms with E-state index in [-0.39, 0.29) is 43.2 Å². The third-order valence-electron chi connectivity index (χ3n) is 8.61. The van der Waals surface area contributed by atoms with Crippen molar-refractivity contribution in [1.82, 2.24) is 10.2 Å². The van der Waals surface area contributed by atoms with Gasteiger partial charge in [-0.3, -0.25) is 14.4 Å². The molecular formula is C29H37F3N2O4.